The van der Waals surface area contributed by atoms with E-state index < -0.39 is 11.8 Å². The van der Waals surface area contributed by atoms with Crippen LogP contribution in [0.25, 0.3) is 16.6 Å². The number of hydrogen-bond acceptors (Lipinski definition) is 9. The Labute approximate surface area is 211 Å². The number of aromatic nitrogens is 2. The normalized spacial score (nSPS) is 19.0. The van der Waals surface area contributed by atoms with Gasteiger partial charge in [-0.15, -0.1) is 0 Å². The van der Waals surface area contributed by atoms with E-state index in [9.17, 15) is 9.90 Å². The highest BCUT2D eigenvalue weighted by molar-refractivity contribution is 7.00. The van der Waals surface area contributed by atoms with Crippen molar-refractivity contribution >= 4 is 40.0 Å². The maximum atomic E-state index is 13.4. The third-order valence-corrected chi connectivity index (χ3v) is 7.00. The van der Waals surface area contributed by atoms with Crippen LogP contribution in [-0.2, 0) is 21.7 Å². The van der Waals surface area contributed by atoms with E-state index in [4.69, 9.17) is 14.2 Å². The van der Waals surface area contributed by atoms with Crippen molar-refractivity contribution in [1.29, 1.82) is 0 Å². The number of nitrogens with zero attached hydrogens (tertiary/aromatic N) is 3. The molecule has 3 heterocycles. The SMILES string of the molecule is CN(C)c1cccc(CC2=C(c3ccc4nsnc4c3)C(=O)OC2(O)c2ccc3c(c2)OCCO3)c1. The summed E-state index contributed by atoms with van der Waals surface area (Å²) in [6.07, 6.45) is 0.293. The predicted molar refractivity (Wildman–Crippen MR) is 136 cm³/mol. The van der Waals surface area contributed by atoms with E-state index in [1.807, 2.05) is 55.4 Å². The minimum Gasteiger partial charge on any atom is -0.486 e. The van der Waals surface area contributed by atoms with E-state index in [1.54, 1.807) is 24.3 Å². The van der Waals surface area contributed by atoms with Crippen LogP contribution < -0.4 is 14.4 Å². The maximum Gasteiger partial charge on any atom is 0.342 e. The number of aliphatic hydroxyl groups is 1. The van der Waals surface area contributed by atoms with Crippen molar-refractivity contribution in [3.05, 3.63) is 82.9 Å². The smallest absolute Gasteiger partial charge is 0.342 e. The largest absolute Gasteiger partial charge is 0.486 e. The van der Waals surface area contributed by atoms with Crippen LogP contribution in [0.4, 0.5) is 5.69 Å². The Bertz CT molecular complexity index is 1530. The van der Waals surface area contributed by atoms with Crippen molar-refractivity contribution in [2.45, 2.75) is 12.2 Å². The molecule has 2 aliphatic heterocycles. The number of carbonyl (C=O) groups is 1. The van der Waals surface area contributed by atoms with Gasteiger partial charge in [0.05, 0.1) is 17.3 Å². The number of benzene rings is 3. The fourth-order valence-corrected chi connectivity index (χ4v) is 5.13. The van der Waals surface area contributed by atoms with Gasteiger partial charge in [0.15, 0.2) is 11.5 Å². The Morgan fingerprint density at radius 2 is 1.78 bits per heavy atom. The fourth-order valence-electron chi connectivity index (χ4n) is 4.61. The van der Waals surface area contributed by atoms with Crippen LogP contribution in [0.3, 0.4) is 0 Å². The van der Waals surface area contributed by atoms with Crippen molar-refractivity contribution in [3.8, 4) is 11.5 Å². The van der Waals surface area contributed by atoms with Gasteiger partial charge in [-0.2, -0.15) is 8.75 Å². The molecule has 1 atom stereocenters. The summed E-state index contributed by atoms with van der Waals surface area (Å²) in [4.78, 5) is 15.4. The number of carbonyl (C=O) groups excluding carboxylic acids is 1. The molecular formula is C27H23N3O5S. The van der Waals surface area contributed by atoms with Crippen LogP contribution in [0.5, 0.6) is 11.5 Å². The lowest BCUT2D eigenvalue weighted by Crippen LogP contribution is -2.30. The Morgan fingerprint density at radius 1 is 0.972 bits per heavy atom. The Balaban J connectivity index is 1.52. The number of hydrogen-bond donors (Lipinski definition) is 1. The average Bonchev–Trinajstić information content (AvgIpc) is 3.45. The Kier molecular flexibility index (Phi) is 5.39. The first kappa shape index (κ1) is 22.5. The lowest BCUT2D eigenvalue weighted by atomic mass is 9.87. The summed E-state index contributed by atoms with van der Waals surface area (Å²) < 4.78 is 25.7. The highest BCUT2D eigenvalue weighted by Crippen LogP contribution is 2.47. The number of esters is 1. The van der Waals surface area contributed by atoms with Crippen LogP contribution in [0, 0.1) is 0 Å². The molecule has 0 saturated carbocycles. The third-order valence-electron chi connectivity index (χ3n) is 6.44. The summed E-state index contributed by atoms with van der Waals surface area (Å²) in [6.45, 7) is 0.860. The molecule has 1 aromatic heterocycles. The molecule has 9 heteroatoms. The van der Waals surface area contributed by atoms with Crippen molar-refractivity contribution in [2.24, 2.45) is 0 Å². The number of ether oxygens (including phenoxy) is 3. The molecule has 1 unspecified atom stereocenters. The summed E-state index contributed by atoms with van der Waals surface area (Å²) in [5, 5.41) is 12.0. The molecule has 0 aliphatic carbocycles. The second kappa shape index (κ2) is 8.61. The van der Waals surface area contributed by atoms with Crippen LogP contribution >= 0.6 is 11.7 Å². The molecule has 3 aromatic carbocycles. The van der Waals surface area contributed by atoms with Crippen LogP contribution in [0.15, 0.2) is 66.2 Å². The Hall–Kier alpha value is -3.95. The molecule has 0 radical (unpaired) electrons. The van der Waals surface area contributed by atoms with Gasteiger partial charge in [-0.3, -0.25) is 0 Å². The molecule has 0 saturated heterocycles. The monoisotopic (exact) mass is 501 g/mol. The molecule has 6 rings (SSSR count). The van der Waals surface area contributed by atoms with E-state index >= 15 is 0 Å². The Morgan fingerprint density at radius 3 is 2.61 bits per heavy atom. The molecule has 36 heavy (non-hydrogen) atoms. The average molecular weight is 502 g/mol. The predicted octanol–water partition coefficient (Wildman–Crippen LogP) is 3.93. The van der Waals surface area contributed by atoms with Crippen molar-refractivity contribution in [2.75, 3.05) is 32.2 Å². The lowest BCUT2D eigenvalue weighted by molar-refractivity contribution is -0.185. The van der Waals surface area contributed by atoms with Crippen molar-refractivity contribution in [1.82, 2.24) is 8.75 Å². The first-order valence-electron chi connectivity index (χ1n) is 11.5. The molecule has 0 fully saturated rings. The van der Waals surface area contributed by atoms with Gasteiger partial charge in [0.1, 0.15) is 24.2 Å². The zero-order chi connectivity index (χ0) is 24.9. The molecule has 0 bridgehead atoms. The summed E-state index contributed by atoms with van der Waals surface area (Å²) in [5.41, 5.74) is 5.15. The number of anilines is 1. The third kappa shape index (κ3) is 3.77. The van der Waals surface area contributed by atoms with Crippen LogP contribution in [-0.4, -0.2) is 47.1 Å². The van der Waals surface area contributed by atoms with Gasteiger partial charge in [-0.05, 0) is 53.6 Å². The molecule has 4 aromatic rings. The van der Waals surface area contributed by atoms with Gasteiger partial charge in [0.25, 0.3) is 5.79 Å². The van der Waals surface area contributed by atoms with Gasteiger partial charge in [-0.25, -0.2) is 4.79 Å². The lowest BCUT2D eigenvalue weighted by Gasteiger charge is -2.27. The number of fused-ring (bicyclic) bond motifs is 2. The quantitative estimate of drug-likeness (QED) is 0.411. The maximum absolute atomic E-state index is 13.4. The first-order valence-corrected chi connectivity index (χ1v) is 12.2. The highest BCUT2D eigenvalue weighted by Gasteiger charge is 2.48. The molecule has 0 amide bonds. The summed E-state index contributed by atoms with van der Waals surface area (Å²) >= 11 is 1.11. The second-order valence-electron chi connectivity index (χ2n) is 8.95. The van der Waals surface area contributed by atoms with Gasteiger partial charge < -0.3 is 24.2 Å². The summed E-state index contributed by atoms with van der Waals surface area (Å²) in [6, 6.07) is 18.5. The topological polar surface area (TPSA) is 94.0 Å². The van der Waals surface area contributed by atoms with E-state index in [0.29, 0.717) is 58.9 Å². The fraction of sp³-hybridized carbons (Fsp3) is 0.222. The summed E-state index contributed by atoms with van der Waals surface area (Å²) in [5.74, 6) is -1.50. The van der Waals surface area contributed by atoms with Gasteiger partial charge >= 0.3 is 5.97 Å². The number of rotatable bonds is 5. The number of cyclic esters (lactones) is 1. The highest BCUT2D eigenvalue weighted by atomic mass is 32.1. The van der Waals surface area contributed by atoms with Gasteiger partial charge in [-0.1, -0.05) is 18.2 Å². The second-order valence-corrected chi connectivity index (χ2v) is 9.48. The molecule has 0 spiro atoms. The molecular weight excluding hydrogens is 478 g/mol. The van der Waals surface area contributed by atoms with E-state index in [0.717, 1.165) is 28.5 Å². The molecule has 182 valence electrons. The van der Waals surface area contributed by atoms with Gasteiger partial charge in [0.2, 0.25) is 0 Å². The van der Waals surface area contributed by atoms with Gasteiger partial charge in [0, 0.05) is 37.3 Å². The minimum absolute atomic E-state index is 0.293. The molecule has 1 N–H and O–H groups in total. The zero-order valence-electron chi connectivity index (χ0n) is 19.7. The minimum atomic E-state index is -1.98. The van der Waals surface area contributed by atoms with Crippen LogP contribution in [0.2, 0.25) is 0 Å². The van der Waals surface area contributed by atoms with E-state index in [-0.39, 0.29) is 0 Å². The van der Waals surface area contributed by atoms with Crippen LogP contribution in [0.1, 0.15) is 16.7 Å². The first-order chi connectivity index (χ1) is 17.4. The van der Waals surface area contributed by atoms with Crippen molar-refractivity contribution < 1.29 is 24.1 Å². The molecule has 2 aliphatic rings. The van der Waals surface area contributed by atoms with E-state index in [2.05, 4.69) is 8.75 Å². The standard InChI is InChI=1S/C27H23N3O5S/c1-30(2)19-5-3-4-16(12-19)13-20-25(17-6-8-21-22(14-17)29-36-28-21)26(31)35-27(20,32)18-7-9-23-24(15-18)34-11-10-33-23/h3-9,12,14-15,32H,10-11,13H2,1-2H3. The van der Waals surface area contributed by atoms with E-state index in [1.165, 1.54) is 0 Å². The zero-order valence-corrected chi connectivity index (χ0v) is 20.5. The summed E-state index contributed by atoms with van der Waals surface area (Å²) in [7, 11) is 3.93. The van der Waals surface area contributed by atoms with Crippen molar-refractivity contribution in [3.63, 3.8) is 0 Å². The molecule has 8 nitrogen and oxygen atoms in total.